The Morgan fingerprint density at radius 2 is 1.52 bits per heavy atom. The van der Waals surface area contributed by atoms with Crippen LogP contribution < -0.4 is 5.32 Å². The summed E-state index contributed by atoms with van der Waals surface area (Å²) in [6, 6.07) is 0. The summed E-state index contributed by atoms with van der Waals surface area (Å²) < 4.78 is 17.9. The lowest BCUT2D eigenvalue weighted by molar-refractivity contribution is -0.185. The lowest BCUT2D eigenvalue weighted by Crippen LogP contribution is -2.45. The fourth-order valence-electron chi connectivity index (χ4n) is 1.60. The van der Waals surface area contributed by atoms with Crippen LogP contribution in [0.3, 0.4) is 0 Å². The summed E-state index contributed by atoms with van der Waals surface area (Å²) in [5, 5.41) is 12.4. The first-order valence-electron chi connectivity index (χ1n) is 7.04. The van der Waals surface area contributed by atoms with Gasteiger partial charge < -0.3 is 29.4 Å². The van der Waals surface area contributed by atoms with Gasteiger partial charge in [-0.2, -0.15) is 0 Å². The van der Waals surface area contributed by atoms with Gasteiger partial charge in [-0.3, -0.25) is 19.2 Å². The van der Waals surface area contributed by atoms with E-state index >= 15 is 0 Å². The number of hydrogen-bond acceptors (Lipinski definition) is 10. The molecule has 0 fully saturated rings. The highest BCUT2D eigenvalue weighted by Crippen LogP contribution is 2.18. The summed E-state index contributed by atoms with van der Waals surface area (Å²) in [4.78, 5) is 56.9. The van der Waals surface area contributed by atoms with Gasteiger partial charge in [0, 0.05) is 20.6 Å². The minimum Gasteiger partial charge on any atom is -0.438 e. The summed E-state index contributed by atoms with van der Waals surface area (Å²) in [6.07, 6.45) is -2.10. The molecule has 0 aromatic rings. The van der Waals surface area contributed by atoms with E-state index in [0.29, 0.717) is 0 Å². The predicted molar refractivity (Wildman–Crippen MR) is 78.6 cm³/mol. The minimum atomic E-state index is -2.39. The number of rotatable bonds is 11. The Balaban J connectivity index is 4.51. The Morgan fingerprint density at radius 1 is 0.960 bits per heavy atom. The lowest BCUT2D eigenvalue weighted by Gasteiger charge is -2.23. The zero-order valence-electron chi connectivity index (χ0n) is 14.2. The number of amides is 1. The van der Waals surface area contributed by atoms with Gasteiger partial charge in [-0.05, 0) is 6.92 Å². The SMILES string of the molecule is CNC(=O)CC(O)(CC(C)=O)C(=O)OCOC(=O)CC(=O)OCOC. The molecule has 1 atom stereocenters. The Bertz CT molecular complexity index is 518. The van der Waals surface area contributed by atoms with Gasteiger partial charge in [0.1, 0.15) is 12.2 Å². The number of Topliss-reactive ketones (excluding diaryl/α,β-unsaturated/α-hetero) is 1. The van der Waals surface area contributed by atoms with Crippen molar-refractivity contribution in [1.82, 2.24) is 5.32 Å². The Kier molecular flexibility index (Phi) is 9.98. The molecule has 0 saturated heterocycles. The second-order valence-corrected chi connectivity index (χ2v) is 4.93. The number of aliphatic hydroxyl groups is 1. The van der Waals surface area contributed by atoms with Crippen molar-refractivity contribution in [2.45, 2.75) is 31.8 Å². The Hall–Kier alpha value is -2.53. The first-order valence-corrected chi connectivity index (χ1v) is 7.04. The molecule has 25 heavy (non-hydrogen) atoms. The molecule has 2 N–H and O–H groups in total. The molecule has 0 aliphatic carbocycles. The molecule has 11 nitrogen and oxygen atoms in total. The first-order chi connectivity index (χ1) is 11.6. The van der Waals surface area contributed by atoms with Gasteiger partial charge in [0.25, 0.3) is 0 Å². The van der Waals surface area contributed by atoms with Crippen molar-refractivity contribution in [3.63, 3.8) is 0 Å². The highest BCUT2D eigenvalue weighted by molar-refractivity contribution is 5.93. The number of ether oxygens (including phenoxy) is 4. The number of ketones is 1. The van der Waals surface area contributed by atoms with Gasteiger partial charge in [-0.1, -0.05) is 0 Å². The van der Waals surface area contributed by atoms with E-state index in [0.717, 1.165) is 6.92 Å². The number of nitrogens with one attached hydrogen (secondary N) is 1. The van der Waals surface area contributed by atoms with Crippen LogP contribution in [0.5, 0.6) is 0 Å². The topological polar surface area (TPSA) is 155 Å². The van der Waals surface area contributed by atoms with Crippen LogP contribution >= 0.6 is 0 Å². The molecule has 0 aliphatic heterocycles. The monoisotopic (exact) mass is 363 g/mol. The van der Waals surface area contributed by atoms with Gasteiger partial charge in [0.15, 0.2) is 12.4 Å². The molecule has 0 radical (unpaired) electrons. The Morgan fingerprint density at radius 3 is 2.00 bits per heavy atom. The van der Waals surface area contributed by atoms with Crippen LogP contribution in [0.4, 0.5) is 0 Å². The van der Waals surface area contributed by atoms with Crippen LogP contribution in [0, 0.1) is 0 Å². The number of esters is 3. The van der Waals surface area contributed by atoms with Crippen molar-refractivity contribution in [2.24, 2.45) is 0 Å². The summed E-state index contributed by atoms with van der Waals surface area (Å²) in [7, 11) is 2.57. The first kappa shape index (κ1) is 22.5. The third-order valence-electron chi connectivity index (χ3n) is 2.69. The maximum absolute atomic E-state index is 11.9. The molecule has 0 heterocycles. The largest absolute Gasteiger partial charge is 0.438 e. The zero-order chi connectivity index (χ0) is 19.5. The van der Waals surface area contributed by atoms with Crippen LogP contribution in [0.25, 0.3) is 0 Å². The standard InChI is InChI=1S/C14H21NO10/c1-9(16)5-14(21,6-10(17)15-2)13(20)25-8-24-12(19)4-11(18)23-7-22-3/h21H,4-8H2,1-3H3,(H,15,17). The molecule has 0 aliphatic rings. The molecule has 1 amide bonds. The number of hydrogen-bond donors (Lipinski definition) is 2. The Labute approximate surface area is 143 Å². The molecule has 0 aromatic heterocycles. The fraction of sp³-hybridized carbons (Fsp3) is 0.643. The van der Waals surface area contributed by atoms with E-state index in [1.54, 1.807) is 0 Å². The zero-order valence-corrected chi connectivity index (χ0v) is 14.2. The quantitative estimate of drug-likeness (QED) is 0.249. The average Bonchev–Trinajstić information content (AvgIpc) is 2.51. The number of carbonyl (C=O) groups is 5. The van der Waals surface area contributed by atoms with E-state index < -0.39 is 61.3 Å². The van der Waals surface area contributed by atoms with E-state index in [9.17, 15) is 29.1 Å². The highest BCUT2D eigenvalue weighted by atomic mass is 16.7. The smallest absolute Gasteiger partial charge is 0.342 e. The van der Waals surface area contributed by atoms with Gasteiger partial charge in [0.2, 0.25) is 12.7 Å². The molecule has 11 heteroatoms. The van der Waals surface area contributed by atoms with E-state index in [1.165, 1.54) is 14.2 Å². The fourth-order valence-corrected chi connectivity index (χ4v) is 1.60. The number of carbonyl (C=O) groups excluding carboxylic acids is 5. The second kappa shape index (κ2) is 11.1. The third-order valence-corrected chi connectivity index (χ3v) is 2.69. The van der Waals surface area contributed by atoms with Crippen LogP contribution in [0.1, 0.15) is 26.2 Å². The summed E-state index contributed by atoms with van der Waals surface area (Å²) >= 11 is 0. The maximum Gasteiger partial charge on any atom is 0.342 e. The van der Waals surface area contributed by atoms with E-state index in [1.807, 2.05) is 0 Å². The molecule has 1 unspecified atom stereocenters. The minimum absolute atomic E-state index is 0.335. The molecular formula is C14H21NO10. The van der Waals surface area contributed by atoms with Gasteiger partial charge in [-0.15, -0.1) is 0 Å². The molecule has 142 valence electrons. The van der Waals surface area contributed by atoms with Crippen molar-refractivity contribution in [3.05, 3.63) is 0 Å². The van der Waals surface area contributed by atoms with Crippen molar-refractivity contribution < 1.29 is 48.0 Å². The molecule has 0 spiro atoms. The highest BCUT2D eigenvalue weighted by Gasteiger charge is 2.41. The molecule has 0 aromatic carbocycles. The summed E-state index contributed by atoms with van der Waals surface area (Å²) in [6.45, 7) is -0.129. The lowest BCUT2D eigenvalue weighted by atomic mass is 9.93. The second-order valence-electron chi connectivity index (χ2n) is 4.93. The molecule has 0 saturated carbocycles. The van der Waals surface area contributed by atoms with Crippen LogP contribution in [0.15, 0.2) is 0 Å². The van der Waals surface area contributed by atoms with Crippen molar-refractivity contribution >= 4 is 29.6 Å². The molecular weight excluding hydrogens is 342 g/mol. The van der Waals surface area contributed by atoms with Gasteiger partial charge in [-0.25, -0.2) is 4.79 Å². The van der Waals surface area contributed by atoms with Gasteiger partial charge in [0.05, 0.1) is 6.42 Å². The number of methoxy groups -OCH3 is 1. The van der Waals surface area contributed by atoms with Crippen LogP contribution in [-0.2, 0) is 42.9 Å². The van der Waals surface area contributed by atoms with Crippen LogP contribution in [0.2, 0.25) is 0 Å². The molecule has 0 rings (SSSR count). The van der Waals surface area contributed by atoms with E-state index in [-0.39, 0.29) is 6.79 Å². The normalized spacial score (nSPS) is 12.5. The predicted octanol–water partition coefficient (Wildman–Crippen LogP) is -1.59. The summed E-state index contributed by atoms with van der Waals surface area (Å²) in [5.41, 5.74) is -2.39. The van der Waals surface area contributed by atoms with Gasteiger partial charge >= 0.3 is 17.9 Å². The van der Waals surface area contributed by atoms with E-state index in [2.05, 4.69) is 24.3 Å². The van der Waals surface area contributed by atoms with Crippen molar-refractivity contribution in [2.75, 3.05) is 27.7 Å². The van der Waals surface area contributed by atoms with E-state index in [4.69, 9.17) is 0 Å². The third kappa shape index (κ3) is 9.37. The van der Waals surface area contributed by atoms with Crippen molar-refractivity contribution in [3.8, 4) is 0 Å². The average molecular weight is 363 g/mol. The van der Waals surface area contributed by atoms with Crippen LogP contribution in [-0.4, -0.2) is 68.0 Å². The molecule has 0 bridgehead atoms. The van der Waals surface area contributed by atoms with Crippen molar-refractivity contribution in [1.29, 1.82) is 0 Å². The maximum atomic E-state index is 11.9. The summed E-state index contributed by atoms with van der Waals surface area (Å²) in [5.74, 6) is -4.53.